The molecule has 1 aliphatic heterocycles. The summed E-state index contributed by atoms with van der Waals surface area (Å²) in [6.45, 7) is 1.79. The lowest BCUT2D eigenvalue weighted by Crippen LogP contribution is -2.30. The normalized spacial score (nSPS) is 21.9. The SMILES string of the molecule is Cc1cc(N2C(=S)NC(c3ccccn3)C2c2cccn2C2CCCC2)ccc1F. The van der Waals surface area contributed by atoms with Gasteiger partial charge in [0.05, 0.1) is 11.7 Å². The first-order valence-corrected chi connectivity index (χ1v) is 11.0. The van der Waals surface area contributed by atoms with Crippen molar-refractivity contribution in [3.05, 3.63) is 83.7 Å². The maximum Gasteiger partial charge on any atom is 0.174 e. The third-order valence-corrected chi connectivity index (χ3v) is 6.67. The number of pyridine rings is 1. The van der Waals surface area contributed by atoms with Crippen molar-refractivity contribution in [3.8, 4) is 0 Å². The number of rotatable bonds is 4. The highest BCUT2D eigenvalue weighted by molar-refractivity contribution is 7.80. The van der Waals surface area contributed by atoms with Crippen LogP contribution in [0.2, 0.25) is 0 Å². The Morgan fingerprint density at radius 1 is 1.10 bits per heavy atom. The summed E-state index contributed by atoms with van der Waals surface area (Å²) in [6, 6.07) is 15.9. The highest BCUT2D eigenvalue weighted by atomic mass is 32.1. The van der Waals surface area contributed by atoms with Gasteiger partial charge in [-0.15, -0.1) is 0 Å². The zero-order valence-corrected chi connectivity index (χ0v) is 17.8. The molecule has 3 aromatic rings. The van der Waals surface area contributed by atoms with Crippen LogP contribution in [0.25, 0.3) is 0 Å². The molecule has 2 fully saturated rings. The van der Waals surface area contributed by atoms with Gasteiger partial charge in [-0.05, 0) is 80.0 Å². The van der Waals surface area contributed by atoms with Crippen LogP contribution in [0.15, 0.2) is 60.9 Å². The van der Waals surface area contributed by atoms with Crippen LogP contribution < -0.4 is 10.2 Å². The summed E-state index contributed by atoms with van der Waals surface area (Å²) < 4.78 is 16.4. The summed E-state index contributed by atoms with van der Waals surface area (Å²) in [5.74, 6) is -0.205. The molecule has 2 unspecified atom stereocenters. The first kappa shape index (κ1) is 19.2. The number of aromatic nitrogens is 2. The fourth-order valence-corrected chi connectivity index (χ4v) is 5.23. The number of nitrogens with one attached hydrogen (secondary N) is 1. The van der Waals surface area contributed by atoms with E-state index in [0.717, 1.165) is 11.4 Å². The third-order valence-electron chi connectivity index (χ3n) is 6.35. The molecular formula is C24H25FN4S. The van der Waals surface area contributed by atoms with Gasteiger partial charge in [0.2, 0.25) is 0 Å². The monoisotopic (exact) mass is 420 g/mol. The fraction of sp³-hybridized carbons (Fsp3) is 0.333. The van der Waals surface area contributed by atoms with E-state index >= 15 is 0 Å². The molecule has 0 bridgehead atoms. The lowest BCUT2D eigenvalue weighted by molar-refractivity contribution is 0.461. The van der Waals surface area contributed by atoms with Crippen LogP contribution in [0.3, 0.4) is 0 Å². The topological polar surface area (TPSA) is 33.1 Å². The van der Waals surface area contributed by atoms with Gasteiger partial charge in [-0.2, -0.15) is 0 Å². The zero-order chi connectivity index (χ0) is 20.7. The van der Waals surface area contributed by atoms with Gasteiger partial charge in [0.25, 0.3) is 0 Å². The van der Waals surface area contributed by atoms with Gasteiger partial charge in [-0.3, -0.25) is 4.98 Å². The van der Waals surface area contributed by atoms with Gasteiger partial charge in [-0.25, -0.2) is 4.39 Å². The Labute approximate surface area is 181 Å². The van der Waals surface area contributed by atoms with E-state index in [1.54, 1.807) is 6.92 Å². The fourth-order valence-electron chi connectivity index (χ4n) is 4.88. The average molecular weight is 421 g/mol. The first-order valence-electron chi connectivity index (χ1n) is 10.6. The number of thiocarbonyl (C=S) groups is 1. The second-order valence-corrected chi connectivity index (χ2v) is 8.60. The molecule has 6 heteroatoms. The second-order valence-electron chi connectivity index (χ2n) is 8.21. The quantitative estimate of drug-likeness (QED) is 0.555. The first-order chi connectivity index (χ1) is 14.6. The minimum absolute atomic E-state index is 0.0622. The molecule has 2 aromatic heterocycles. The maximum atomic E-state index is 14.0. The molecule has 4 nitrogen and oxygen atoms in total. The zero-order valence-electron chi connectivity index (χ0n) is 17.0. The van der Waals surface area contributed by atoms with E-state index in [-0.39, 0.29) is 17.9 Å². The van der Waals surface area contributed by atoms with E-state index in [4.69, 9.17) is 12.2 Å². The van der Waals surface area contributed by atoms with Crippen molar-refractivity contribution in [2.24, 2.45) is 0 Å². The van der Waals surface area contributed by atoms with Crippen molar-refractivity contribution in [2.75, 3.05) is 4.90 Å². The summed E-state index contributed by atoms with van der Waals surface area (Å²) in [7, 11) is 0. The number of anilines is 1. The molecule has 154 valence electrons. The Hall–Kier alpha value is -2.73. The van der Waals surface area contributed by atoms with E-state index in [1.807, 2.05) is 36.5 Å². The molecule has 1 N–H and O–H groups in total. The second kappa shape index (κ2) is 7.84. The molecule has 0 amide bonds. The van der Waals surface area contributed by atoms with Crippen molar-refractivity contribution in [2.45, 2.75) is 50.7 Å². The Balaban J connectivity index is 1.63. The average Bonchev–Trinajstić information content (AvgIpc) is 3.49. The van der Waals surface area contributed by atoms with Crippen molar-refractivity contribution in [3.63, 3.8) is 0 Å². The molecule has 0 spiro atoms. The van der Waals surface area contributed by atoms with Crippen molar-refractivity contribution in [1.29, 1.82) is 0 Å². The number of benzene rings is 1. The van der Waals surface area contributed by atoms with Crippen LogP contribution in [0.1, 0.15) is 60.8 Å². The molecule has 2 aliphatic rings. The Morgan fingerprint density at radius 2 is 1.93 bits per heavy atom. The van der Waals surface area contributed by atoms with Gasteiger partial charge < -0.3 is 14.8 Å². The van der Waals surface area contributed by atoms with E-state index < -0.39 is 0 Å². The molecule has 1 aromatic carbocycles. The number of nitrogens with zero attached hydrogens (tertiary/aromatic N) is 3. The van der Waals surface area contributed by atoms with Gasteiger partial charge in [0.1, 0.15) is 11.9 Å². The minimum Gasteiger partial charge on any atom is -0.351 e. The predicted octanol–water partition coefficient (Wildman–Crippen LogP) is 5.62. The highest BCUT2D eigenvalue weighted by Crippen LogP contribution is 2.43. The van der Waals surface area contributed by atoms with E-state index in [1.165, 1.54) is 37.4 Å². The van der Waals surface area contributed by atoms with Gasteiger partial charge >= 0.3 is 0 Å². The summed E-state index contributed by atoms with van der Waals surface area (Å²) in [6.07, 6.45) is 8.96. The molecule has 0 radical (unpaired) electrons. The van der Waals surface area contributed by atoms with Crippen LogP contribution in [-0.2, 0) is 0 Å². The van der Waals surface area contributed by atoms with E-state index in [0.29, 0.717) is 16.7 Å². The maximum absolute atomic E-state index is 14.0. The standard InChI is InChI=1S/C24H25FN4S/c1-16-15-18(11-12-19(16)25)29-23(21-10-6-14-28(21)17-7-2-3-8-17)22(27-24(29)30)20-9-4-5-13-26-20/h4-6,9-15,17,22-23H,2-3,7-8H2,1H3,(H,27,30). The summed E-state index contributed by atoms with van der Waals surface area (Å²) in [4.78, 5) is 6.75. The van der Waals surface area contributed by atoms with Gasteiger partial charge in [0, 0.05) is 29.8 Å². The molecule has 3 heterocycles. The minimum atomic E-state index is -0.205. The van der Waals surface area contributed by atoms with Crippen molar-refractivity contribution >= 4 is 23.0 Å². The molecule has 30 heavy (non-hydrogen) atoms. The van der Waals surface area contributed by atoms with E-state index in [2.05, 4.69) is 38.1 Å². The molecule has 1 saturated carbocycles. The Kier molecular flexibility index (Phi) is 5.03. The Morgan fingerprint density at radius 3 is 2.67 bits per heavy atom. The van der Waals surface area contributed by atoms with Crippen LogP contribution in [-0.4, -0.2) is 14.7 Å². The van der Waals surface area contributed by atoms with Gasteiger partial charge in [0.15, 0.2) is 5.11 Å². The lowest BCUT2D eigenvalue weighted by Gasteiger charge is -2.30. The molecular weight excluding hydrogens is 395 g/mol. The van der Waals surface area contributed by atoms with Crippen LogP contribution in [0.4, 0.5) is 10.1 Å². The van der Waals surface area contributed by atoms with E-state index in [9.17, 15) is 4.39 Å². The summed E-state index contributed by atoms with van der Waals surface area (Å²) in [5.41, 5.74) is 3.67. The third kappa shape index (κ3) is 3.29. The van der Waals surface area contributed by atoms with Crippen molar-refractivity contribution < 1.29 is 4.39 Å². The number of hydrogen-bond acceptors (Lipinski definition) is 2. The smallest absolute Gasteiger partial charge is 0.174 e. The van der Waals surface area contributed by atoms with Crippen LogP contribution in [0, 0.1) is 12.7 Å². The summed E-state index contributed by atoms with van der Waals surface area (Å²) >= 11 is 5.79. The number of halogens is 1. The molecule has 2 atom stereocenters. The van der Waals surface area contributed by atoms with Crippen LogP contribution >= 0.6 is 12.2 Å². The lowest BCUT2D eigenvalue weighted by atomic mass is 10.00. The van der Waals surface area contributed by atoms with Gasteiger partial charge in [-0.1, -0.05) is 18.9 Å². The van der Waals surface area contributed by atoms with Crippen molar-refractivity contribution in [1.82, 2.24) is 14.9 Å². The number of aryl methyl sites for hydroxylation is 1. The van der Waals surface area contributed by atoms with Crippen LogP contribution in [0.5, 0.6) is 0 Å². The highest BCUT2D eigenvalue weighted by Gasteiger charge is 2.42. The summed E-state index contributed by atoms with van der Waals surface area (Å²) in [5, 5.41) is 4.14. The largest absolute Gasteiger partial charge is 0.351 e. The molecule has 1 aliphatic carbocycles. The Bertz CT molecular complexity index is 1060. The number of hydrogen-bond donors (Lipinski definition) is 1. The predicted molar refractivity (Wildman–Crippen MR) is 121 cm³/mol. The molecule has 5 rings (SSSR count). The molecule has 1 saturated heterocycles.